The van der Waals surface area contributed by atoms with Crippen LogP contribution in [0.3, 0.4) is 0 Å². The van der Waals surface area contributed by atoms with Gasteiger partial charge in [-0.3, -0.25) is 9.69 Å². The molecule has 4 nitrogen and oxygen atoms in total. The van der Waals surface area contributed by atoms with Gasteiger partial charge in [0.25, 0.3) is 0 Å². The monoisotopic (exact) mass is 439 g/mol. The second kappa shape index (κ2) is 11.3. The maximum absolute atomic E-state index is 12.4. The first-order valence-electron chi connectivity index (χ1n) is 13.4. The molecular weight excluding hydrogens is 394 g/mol. The molecule has 0 radical (unpaired) electrons. The molecule has 178 valence electrons. The van der Waals surface area contributed by atoms with Crippen molar-refractivity contribution >= 4 is 5.78 Å². The fourth-order valence-corrected chi connectivity index (χ4v) is 6.55. The van der Waals surface area contributed by atoms with E-state index < -0.39 is 0 Å². The average molecular weight is 440 g/mol. The van der Waals surface area contributed by atoms with Crippen molar-refractivity contribution in [2.24, 2.45) is 23.3 Å². The molecular formula is C28H45N3O. The molecule has 1 atom stereocenters. The Morgan fingerprint density at radius 2 is 1.56 bits per heavy atom. The Kier molecular flexibility index (Phi) is 8.42. The number of fused-ring (bicyclic) bond motifs is 1. The van der Waals surface area contributed by atoms with Gasteiger partial charge in [-0.15, -0.1) is 0 Å². The fourth-order valence-electron chi connectivity index (χ4n) is 6.55. The van der Waals surface area contributed by atoms with Gasteiger partial charge >= 0.3 is 0 Å². The maximum atomic E-state index is 12.4. The summed E-state index contributed by atoms with van der Waals surface area (Å²) in [6, 6.07) is 8.02. The summed E-state index contributed by atoms with van der Waals surface area (Å²) in [6.45, 7) is 4.35. The molecule has 4 N–H and O–H groups in total. The summed E-state index contributed by atoms with van der Waals surface area (Å²) in [7, 11) is 0. The van der Waals surface area contributed by atoms with Crippen molar-refractivity contribution in [3.63, 3.8) is 0 Å². The number of carbonyl (C=O) groups is 1. The Morgan fingerprint density at radius 3 is 2.22 bits per heavy atom. The van der Waals surface area contributed by atoms with E-state index in [9.17, 15) is 4.79 Å². The summed E-state index contributed by atoms with van der Waals surface area (Å²) < 4.78 is 0. The lowest BCUT2D eigenvalue weighted by atomic mass is 9.75. The lowest BCUT2D eigenvalue weighted by molar-refractivity contribution is 0.0876. The van der Waals surface area contributed by atoms with Crippen molar-refractivity contribution in [1.82, 2.24) is 4.90 Å². The van der Waals surface area contributed by atoms with E-state index >= 15 is 0 Å². The van der Waals surface area contributed by atoms with Crippen LogP contribution in [0.5, 0.6) is 0 Å². The van der Waals surface area contributed by atoms with Crippen molar-refractivity contribution < 1.29 is 4.79 Å². The summed E-state index contributed by atoms with van der Waals surface area (Å²) in [5.74, 6) is 1.91. The van der Waals surface area contributed by atoms with E-state index in [1.165, 1.54) is 68.9 Å². The number of nitrogens with zero attached hydrogens (tertiary/aromatic N) is 1. The molecule has 1 heterocycles. The number of benzene rings is 1. The van der Waals surface area contributed by atoms with Crippen LogP contribution in [-0.4, -0.2) is 41.9 Å². The predicted octanol–water partition coefficient (Wildman–Crippen LogP) is 4.86. The Morgan fingerprint density at radius 1 is 0.938 bits per heavy atom. The number of Topliss-reactive ketones (excluding diaryl/α,β-unsaturated/α-hetero) is 1. The number of ketones is 1. The Labute approximate surface area is 195 Å². The zero-order chi connectivity index (χ0) is 22.5. The van der Waals surface area contributed by atoms with E-state index in [0.29, 0.717) is 30.3 Å². The van der Waals surface area contributed by atoms with E-state index in [1.807, 2.05) is 0 Å². The first-order valence-corrected chi connectivity index (χ1v) is 13.4. The second-order valence-corrected chi connectivity index (χ2v) is 11.0. The molecule has 0 aromatic heterocycles. The molecule has 1 aliphatic heterocycles. The lowest BCUT2D eigenvalue weighted by Gasteiger charge is -2.42. The van der Waals surface area contributed by atoms with Gasteiger partial charge in [-0.2, -0.15) is 0 Å². The van der Waals surface area contributed by atoms with Gasteiger partial charge in [-0.1, -0.05) is 19.1 Å². The predicted molar refractivity (Wildman–Crippen MR) is 133 cm³/mol. The van der Waals surface area contributed by atoms with Gasteiger partial charge < -0.3 is 11.5 Å². The molecule has 0 bridgehead atoms. The van der Waals surface area contributed by atoms with Crippen LogP contribution >= 0.6 is 0 Å². The summed E-state index contributed by atoms with van der Waals surface area (Å²) in [5.41, 5.74) is 16.2. The Hall–Kier alpha value is -1.23. The van der Waals surface area contributed by atoms with Gasteiger partial charge in [0.2, 0.25) is 0 Å². The third-order valence-corrected chi connectivity index (χ3v) is 8.64. The van der Waals surface area contributed by atoms with E-state index in [0.717, 1.165) is 49.8 Å². The molecule has 0 saturated heterocycles. The topological polar surface area (TPSA) is 72.3 Å². The Bertz CT molecular complexity index is 747. The fraction of sp³-hybridized carbons (Fsp3) is 0.750. The van der Waals surface area contributed by atoms with Crippen molar-refractivity contribution in [3.8, 4) is 0 Å². The highest BCUT2D eigenvalue weighted by atomic mass is 16.1. The number of nitrogens with two attached hydrogens (primary N) is 2. The minimum absolute atomic E-state index is 0.295. The van der Waals surface area contributed by atoms with Crippen molar-refractivity contribution in [1.29, 1.82) is 0 Å². The minimum Gasteiger partial charge on any atom is -0.328 e. The molecule has 2 aliphatic carbocycles. The number of rotatable bonds is 7. The number of hydrogen-bond acceptors (Lipinski definition) is 4. The third-order valence-electron chi connectivity index (χ3n) is 8.64. The smallest absolute Gasteiger partial charge is 0.162 e. The standard InChI is InChI=1S/C28H45N3O/c1-2-3-28(32)24-7-6-21-14-16-31(17-15-23(21)19-24)27(22-8-12-26(30)13-9-22)18-20-4-10-25(29)11-5-20/h6-7,19-20,22,25-27H,2-5,8-18,29-30H2,1H3. The summed E-state index contributed by atoms with van der Waals surface area (Å²) in [5, 5.41) is 0. The Balaban J connectivity index is 1.46. The number of carbonyl (C=O) groups excluding carboxylic acids is 1. The molecule has 2 saturated carbocycles. The lowest BCUT2D eigenvalue weighted by Crippen LogP contribution is -2.46. The molecule has 3 aliphatic rings. The van der Waals surface area contributed by atoms with Crippen LogP contribution in [-0.2, 0) is 12.8 Å². The van der Waals surface area contributed by atoms with E-state index in [-0.39, 0.29) is 0 Å². The third kappa shape index (κ3) is 6.01. The summed E-state index contributed by atoms with van der Waals surface area (Å²) >= 11 is 0. The van der Waals surface area contributed by atoms with Crippen LogP contribution in [0.4, 0.5) is 0 Å². The molecule has 0 amide bonds. The van der Waals surface area contributed by atoms with E-state index in [1.54, 1.807) is 0 Å². The molecule has 4 heteroatoms. The summed E-state index contributed by atoms with van der Waals surface area (Å²) in [4.78, 5) is 15.3. The zero-order valence-electron chi connectivity index (χ0n) is 20.2. The largest absolute Gasteiger partial charge is 0.328 e. The second-order valence-electron chi connectivity index (χ2n) is 11.0. The maximum Gasteiger partial charge on any atom is 0.162 e. The van der Waals surface area contributed by atoms with Gasteiger partial charge in [0.1, 0.15) is 0 Å². The summed E-state index contributed by atoms with van der Waals surface area (Å²) in [6.07, 6.45) is 15.1. The van der Waals surface area contributed by atoms with Gasteiger partial charge in [0.05, 0.1) is 0 Å². The first kappa shape index (κ1) is 23.9. The van der Waals surface area contributed by atoms with Crippen LogP contribution in [0, 0.1) is 11.8 Å². The van der Waals surface area contributed by atoms with E-state index in [2.05, 4.69) is 30.0 Å². The van der Waals surface area contributed by atoms with E-state index in [4.69, 9.17) is 11.5 Å². The molecule has 0 spiro atoms. The highest BCUT2D eigenvalue weighted by Crippen LogP contribution is 2.36. The van der Waals surface area contributed by atoms with Crippen molar-refractivity contribution in [2.45, 2.75) is 109 Å². The normalized spacial score (nSPS) is 30.3. The van der Waals surface area contributed by atoms with Crippen LogP contribution in [0.1, 0.15) is 99.0 Å². The highest BCUT2D eigenvalue weighted by Gasteiger charge is 2.34. The number of hydrogen-bond donors (Lipinski definition) is 2. The minimum atomic E-state index is 0.295. The first-order chi connectivity index (χ1) is 15.5. The van der Waals surface area contributed by atoms with Gasteiger partial charge in [-0.05, 0) is 106 Å². The highest BCUT2D eigenvalue weighted by molar-refractivity contribution is 5.96. The van der Waals surface area contributed by atoms with Crippen LogP contribution in [0.2, 0.25) is 0 Å². The van der Waals surface area contributed by atoms with Gasteiger partial charge in [-0.25, -0.2) is 0 Å². The average Bonchev–Trinajstić information content (AvgIpc) is 3.02. The van der Waals surface area contributed by atoms with Crippen molar-refractivity contribution in [2.75, 3.05) is 13.1 Å². The molecule has 1 aromatic carbocycles. The zero-order valence-corrected chi connectivity index (χ0v) is 20.2. The van der Waals surface area contributed by atoms with Gasteiger partial charge in [0, 0.05) is 43.2 Å². The molecule has 4 rings (SSSR count). The van der Waals surface area contributed by atoms with Crippen LogP contribution in [0.25, 0.3) is 0 Å². The molecule has 2 fully saturated rings. The van der Waals surface area contributed by atoms with Gasteiger partial charge in [0.15, 0.2) is 5.78 Å². The molecule has 1 aromatic rings. The SMILES string of the molecule is CCCC(=O)c1ccc2c(c1)CCN(C(CC1CCC(N)CC1)C1CCC(N)CC1)CC2. The molecule has 1 unspecified atom stereocenters. The van der Waals surface area contributed by atoms with Crippen molar-refractivity contribution in [3.05, 3.63) is 34.9 Å². The van der Waals surface area contributed by atoms with Crippen LogP contribution in [0.15, 0.2) is 18.2 Å². The van der Waals surface area contributed by atoms with Crippen LogP contribution < -0.4 is 11.5 Å². The quantitative estimate of drug-likeness (QED) is 0.595. The molecule has 32 heavy (non-hydrogen) atoms.